The lowest BCUT2D eigenvalue weighted by atomic mass is 10.0. The molecule has 92 valence electrons. The molecule has 1 fully saturated rings. The average Bonchev–Trinajstić information content (AvgIpc) is 3.19. The molecule has 0 aromatic heterocycles. The van der Waals surface area contributed by atoms with E-state index >= 15 is 0 Å². The number of carbonyl (C=O) groups excluding carboxylic acids is 1. The molecule has 1 aromatic rings. The van der Waals surface area contributed by atoms with Crippen molar-refractivity contribution in [2.24, 2.45) is 0 Å². The van der Waals surface area contributed by atoms with Gasteiger partial charge in [-0.05, 0) is 23.6 Å². The lowest BCUT2D eigenvalue weighted by Crippen LogP contribution is -2.10. The topological polar surface area (TPSA) is 38.8 Å². The Morgan fingerprint density at radius 1 is 1.53 bits per heavy atom. The molecule has 17 heavy (non-hydrogen) atoms. The molecule has 1 aliphatic rings. The van der Waals surface area contributed by atoms with Crippen LogP contribution in [0.1, 0.15) is 28.8 Å². The van der Waals surface area contributed by atoms with Gasteiger partial charge in [0.25, 0.3) is 0 Å². The molecule has 0 saturated carbocycles. The maximum atomic E-state index is 11.6. The van der Waals surface area contributed by atoms with Gasteiger partial charge in [-0.3, -0.25) is 0 Å². The third-order valence-electron chi connectivity index (χ3n) is 2.75. The Labute approximate surface area is 115 Å². The lowest BCUT2D eigenvalue weighted by Gasteiger charge is -2.08. The summed E-state index contributed by atoms with van der Waals surface area (Å²) < 4.78 is 11.2. The van der Waals surface area contributed by atoms with Crippen molar-refractivity contribution in [1.82, 2.24) is 0 Å². The van der Waals surface area contributed by atoms with E-state index < -0.39 is 0 Å². The fourth-order valence-electron chi connectivity index (χ4n) is 1.45. The number of halogens is 1. The van der Waals surface area contributed by atoms with Crippen molar-refractivity contribution in [2.45, 2.75) is 18.9 Å². The summed E-state index contributed by atoms with van der Waals surface area (Å²) in [5, 5.41) is 0. The molecule has 2 rings (SSSR count). The van der Waals surface area contributed by atoms with Gasteiger partial charge < -0.3 is 9.47 Å². The molecule has 1 saturated heterocycles. The molecule has 0 aliphatic carbocycles. The van der Waals surface area contributed by atoms with E-state index in [1.165, 1.54) is 5.56 Å². The number of carbonyl (C=O) groups is 1. The molecule has 0 amide bonds. The molecule has 0 bridgehead atoms. The SMILES string of the molecule is CC(CI)c1ccc(C(=O)OCC2CO2)cc1. The van der Waals surface area contributed by atoms with Gasteiger partial charge in [0, 0.05) is 4.43 Å². The van der Waals surface area contributed by atoms with E-state index in [1.807, 2.05) is 24.3 Å². The van der Waals surface area contributed by atoms with Crippen LogP contribution in [0.5, 0.6) is 0 Å². The van der Waals surface area contributed by atoms with Gasteiger partial charge in [0.2, 0.25) is 0 Å². The minimum Gasteiger partial charge on any atom is -0.459 e. The van der Waals surface area contributed by atoms with Crippen LogP contribution in [0, 0.1) is 0 Å². The van der Waals surface area contributed by atoms with Crippen LogP contribution in [0.2, 0.25) is 0 Å². The van der Waals surface area contributed by atoms with Crippen molar-refractivity contribution in [3.8, 4) is 0 Å². The number of hydrogen-bond donors (Lipinski definition) is 0. The average molecular weight is 346 g/mol. The minimum atomic E-state index is -0.269. The van der Waals surface area contributed by atoms with Crippen LogP contribution in [0.3, 0.4) is 0 Å². The van der Waals surface area contributed by atoms with Gasteiger partial charge in [0.05, 0.1) is 12.2 Å². The zero-order valence-corrected chi connectivity index (χ0v) is 11.8. The summed E-state index contributed by atoms with van der Waals surface area (Å²) in [5.74, 6) is 0.245. The number of epoxide rings is 1. The molecule has 1 aliphatic heterocycles. The van der Waals surface area contributed by atoms with Gasteiger partial charge in [-0.25, -0.2) is 4.79 Å². The van der Waals surface area contributed by atoms with Crippen LogP contribution < -0.4 is 0 Å². The highest BCUT2D eigenvalue weighted by Crippen LogP contribution is 2.18. The lowest BCUT2D eigenvalue weighted by molar-refractivity contribution is 0.0476. The van der Waals surface area contributed by atoms with E-state index in [1.54, 1.807) is 0 Å². The summed E-state index contributed by atoms with van der Waals surface area (Å²) in [6, 6.07) is 7.64. The Bertz CT molecular complexity index is 384. The standard InChI is InChI=1S/C13H15IO3/c1-9(6-14)10-2-4-11(5-3-10)13(15)17-8-12-7-16-12/h2-5,9,12H,6-8H2,1H3. The van der Waals surface area contributed by atoms with E-state index in [0.717, 1.165) is 4.43 Å². The van der Waals surface area contributed by atoms with Crippen LogP contribution in [0.15, 0.2) is 24.3 Å². The van der Waals surface area contributed by atoms with Gasteiger partial charge >= 0.3 is 5.97 Å². The number of ether oxygens (including phenoxy) is 2. The number of rotatable bonds is 5. The van der Waals surface area contributed by atoms with Crippen LogP contribution in [-0.2, 0) is 9.47 Å². The number of esters is 1. The van der Waals surface area contributed by atoms with E-state index in [-0.39, 0.29) is 12.1 Å². The second kappa shape index (κ2) is 5.82. The monoisotopic (exact) mass is 346 g/mol. The molecule has 4 heteroatoms. The fraction of sp³-hybridized carbons (Fsp3) is 0.462. The van der Waals surface area contributed by atoms with E-state index in [9.17, 15) is 4.79 Å². The molecule has 0 spiro atoms. The van der Waals surface area contributed by atoms with Gasteiger partial charge in [0.15, 0.2) is 0 Å². The van der Waals surface area contributed by atoms with E-state index in [2.05, 4.69) is 29.5 Å². The third-order valence-corrected chi connectivity index (χ3v) is 4.07. The van der Waals surface area contributed by atoms with Gasteiger partial charge in [-0.1, -0.05) is 41.6 Å². The molecule has 3 nitrogen and oxygen atoms in total. The van der Waals surface area contributed by atoms with Crippen LogP contribution in [0.25, 0.3) is 0 Å². The van der Waals surface area contributed by atoms with Crippen molar-refractivity contribution in [3.63, 3.8) is 0 Å². The first-order valence-electron chi connectivity index (χ1n) is 5.65. The first-order valence-corrected chi connectivity index (χ1v) is 7.18. The van der Waals surface area contributed by atoms with Crippen molar-refractivity contribution in [2.75, 3.05) is 17.6 Å². The van der Waals surface area contributed by atoms with Crippen molar-refractivity contribution in [3.05, 3.63) is 35.4 Å². The zero-order chi connectivity index (χ0) is 12.3. The molecule has 1 heterocycles. The molecule has 2 atom stereocenters. The zero-order valence-electron chi connectivity index (χ0n) is 9.69. The summed E-state index contributed by atoms with van der Waals surface area (Å²) in [6.45, 7) is 3.24. The van der Waals surface area contributed by atoms with Crippen molar-refractivity contribution >= 4 is 28.6 Å². The van der Waals surface area contributed by atoms with E-state index in [4.69, 9.17) is 9.47 Å². The summed E-state index contributed by atoms with van der Waals surface area (Å²) in [4.78, 5) is 11.6. The minimum absolute atomic E-state index is 0.122. The van der Waals surface area contributed by atoms with E-state index in [0.29, 0.717) is 24.7 Å². The number of hydrogen-bond acceptors (Lipinski definition) is 3. The highest BCUT2D eigenvalue weighted by molar-refractivity contribution is 14.1. The summed E-state index contributed by atoms with van der Waals surface area (Å²) in [5.41, 5.74) is 1.86. The Kier molecular flexibility index (Phi) is 4.39. The number of alkyl halides is 1. The largest absolute Gasteiger partial charge is 0.459 e. The quantitative estimate of drug-likeness (QED) is 0.356. The van der Waals surface area contributed by atoms with Gasteiger partial charge in [0.1, 0.15) is 12.7 Å². The highest BCUT2D eigenvalue weighted by atomic mass is 127. The maximum absolute atomic E-state index is 11.6. The van der Waals surface area contributed by atoms with Gasteiger partial charge in [-0.15, -0.1) is 0 Å². The Balaban J connectivity index is 1.93. The molecule has 0 N–H and O–H groups in total. The second-order valence-electron chi connectivity index (χ2n) is 4.23. The van der Waals surface area contributed by atoms with Gasteiger partial charge in [-0.2, -0.15) is 0 Å². The highest BCUT2D eigenvalue weighted by Gasteiger charge is 2.24. The summed E-state index contributed by atoms with van der Waals surface area (Å²) >= 11 is 2.36. The van der Waals surface area contributed by atoms with Crippen molar-refractivity contribution in [1.29, 1.82) is 0 Å². The molecular weight excluding hydrogens is 331 g/mol. The molecule has 2 unspecified atom stereocenters. The second-order valence-corrected chi connectivity index (χ2v) is 5.11. The summed E-state index contributed by atoms with van der Waals surface area (Å²) in [7, 11) is 0. The van der Waals surface area contributed by atoms with Crippen LogP contribution in [-0.4, -0.2) is 29.7 Å². The predicted molar refractivity (Wildman–Crippen MR) is 73.8 cm³/mol. The Morgan fingerprint density at radius 3 is 2.71 bits per heavy atom. The Morgan fingerprint density at radius 2 is 2.18 bits per heavy atom. The van der Waals surface area contributed by atoms with Crippen LogP contribution in [0.4, 0.5) is 0 Å². The Hall–Kier alpha value is -0.620. The molecule has 1 aromatic carbocycles. The van der Waals surface area contributed by atoms with Crippen molar-refractivity contribution < 1.29 is 14.3 Å². The molecular formula is C13H15IO3. The first kappa shape index (κ1) is 12.8. The maximum Gasteiger partial charge on any atom is 0.338 e. The molecule has 0 radical (unpaired) electrons. The summed E-state index contributed by atoms with van der Waals surface area (Å²) in [6.07, 6.45) is 0.122. The normalized spacial score (nSPS) is 19.8. The number of benzene rings is 1. The smallest absolute Gasteiger partial charge is 0.338 e. The predicted octanol–water partition coefficient (Wildman–Crippen LogP) is 2.78. The van der Waals surface area contributed by atoms with Crippen LogP contribution >= 0.6 is 22.6 Å². The third kappa shape index (κ3) is 3.67. The first-order chi connectivity index (χ1) is 8.20. The fourth-order valence-corrected chi connectivity index (χ4v) is 1.96.